The highest BCUT2D eigenvalue weighted by Crippen LogP contribution is 2.19. The first kappa shape index (κ1) is 12.1. The van der Waals surface area contributed by atoms with Crippen molar-refractivity contribution in [3.63, 3.8) is 0 Å². The van der Waals surface area contributed by atoms with Crippen molar-refractivity contribution in [2.45, 2.75) is 12.8 Å². The quantitative estimate of drug-likeness (QED) is 0.839. The molecule has 1 aromatic carbocycles. The molecule has 0 aliphatic heterocycles. The van der Waals surface area contributed by atoms with Crippen LogP contribution in [0.3, 0.4) is 0 Å². The van der Waals surface area contributed by atoms with E-state index in [1.807, 2.05) is 0 Å². The molecule has 4 heteroatoms. The molecular weight excluding hydrogens is 217 g/mol. The summed E-state index contributed by atoms with van der Waals surface area (Å²) in [6, 6.07) is 4.43. The first-order valence-corrected chi connectivity index (χ1v) is 5.12. The molecule has 0 saturated heterocycles. The van der Waals surface area contributed by atoms with Crippen LogP contribution in [0.25, 0.3) is 0 Å². The minimum atomic E-state index is -0.416. The van der Waals surface area contributed by atoms with Crippen molar-refractivity contribution >= 4 is 17.4 Å². The van der Waals surface area contributed by atoms with Gasteiger partial charge in [-0.1, -0.05) is 17.7 Å². The molecule has 82 valence electrons. The molecule has 0 bridgehead atoms. The van der Waals surface area contributed by atoms with E-state index in [0.717, 1.165) is 0 Å². The van der Waals surface area contributed by atoms with Crippen LogP contribution in [-0.4, -0.2) is 19.4 Å². The lowest BCUT2D eigenvalue weighted by atomic mass is 10.1. The van der Waals surface area contributed by atoms with Gasteiger partial charge in [-0.3, -0.25) is 4.79 Å². The van der Waals surface area contributed by atoms with E-state index in [-0.39, 0.29) is 12.2 Å². The lowest BCUT2D eigenvalue weighted by Crippen LogP contribution is -2.14. The van der Waals surface area contributed by atoms with E-state index in [2.05, 4.69) is 5.32 Å². The van der Waals surface area contributed by atoms with Gasteiger partial charge in [0.15, 0.2) is 0 Å². The van der Waals surface area contributed by atoms with Crippen molar-refractivity contribution < 1.29 is 9.18 Å². The Morgan fingerprint density at radius 2 is 2.27 bits per heavy atom. The first-order chi connectivity index (χ1) is 7.15. The largest absolute Gasteiger partial charge is 0.319 e. The molecule has 1 aromatic rings. The van der Waals surface area contributed by atoms with Crippen LogP contribution in [0.4, 0.5) is 4.39 Å². The Kier molecular flexibility index (Phi) is 4.72. The van der Waals surface area contributed by atoms with Gasteiger partial charge in [-0.2, -0.15) is 0 Å². The summed E-state index contributed by atoms with van der Waals surface area (Å²) < 4.78 is 13.3. The second-order valence-electron chi connectivity index (χ2n) is 3.27. The maximum Gasteiger partial charge on any atom is 0.138 e. The molecule has 0 atom stereocenters. The SMILES string of the molecule is CNCCC(=O)Cc1c(F)cccc1Cl. The van der Waals surface area contributed by atoms with Crippen molar-refractivity contribution in [1.82, 2.24) is 5.32 Å². The minimum absolute atomic E-state index is 0.0173. The number of rotatable bonds is 5. The van der Waals surface area contributed by atoms with E-state index in [9.17, 15) is 9.18 Å². The molecule has 2 nitrogen and oxygen atoms in total. The zero-order valence-electron chi connectivity index (χ0n) is 8.52. The van der Waals surface area contributed by atoms with Crippen molar-refractivity contribution in [3.8, 4) is 0 Å². The molecule has 1 rings (SSSR count). The predicted molar refractivity (Wildman–Crippen MR) is 58.7 cm³/mol. The topological polar surface area (TPSA) is 29.1 Å². The number of Topliss-reactive ketones (excluding diaryl/α,β-unsaturated/α-hetero) is 1. The van der Waals surface area contributed by atoms with Gasteiger partial charge in [-0.05, 0) is 19.2 Å². The number of carbonyl (C=O) groups is 1. The van der Waals surface area contributed by atoms with Gasteiger partial charge >= 0.3 is 0 Å². The fourth-order valence-corrected chi connectivity index (χ4v) is 1.48. The van der Waals surface area contributed by atoms with Gasteiger partial charge in [0.2, 0.25) is 0 Å². The van der Waals surface area contributed by atoms with Gasteiger partial charge in [-0.25, -0.2) is 4.39 Å². The highest BCUT2D eigenvalue weighted by molar-refractivity contribution is 6.31. The lowest BCUT2D eigenvalue weighted by Gasteiger charge is -2.04. The minimum Gasteiger partial charge on any atom is -0.319 e. The molecule has 0 saturated carbocycles. The fourth-order valence-electron chi connectivity index (χ4n) is 1.25. The van der Waals surface area contributed by atoms with Crippen LogP contribution in [0.15, 0.2) is 18.2 Å². The third-order valence-corrected chi connectivity index (χ3v) is 2.44. The van der Waals surface area contributed by atoms with Gasteiger partial charge in [0.05, 0.1) is 0 Å². The van der Waals surface area contributed by atoms with Crippen molar-refractivity contribution in [3.05, 3.63) is 34.6 Å². The smallest absolute Gasteiger partial charge is 0.138 e. The molecule has 0 unspecified atom stereocenters. The second-order valence-corrected chi connectivity index (χ2v) is 3.68. The van der Waals surface area contributed by atoms with Crippen LogP contribution in [0.5, 0.6) is 0 Å². The number of hydrogen-bond donors (Lipinski definition) is 1. The molecule has 0 amide bonds. The summed E-state index contributed by atoms with van der Waals surface area (Å²) in [6.45, 7) is 0.602. The Hall–Kier alpha value is -0.930. The number of carbonyl (C=O) groups excluding carboxylic acids is 1. The summed E-state index contributed by atoms with van der Waals surface area (Å²) in [5.41, 5.74) is 0.292. The molecule has 1 N–H and O–H groups in total. The fraction of sp³-hybridized carbons (Fsp3) is 0.364. The molecule has 0 spiro atoms. The van der Waals surface area contributed by atoms with Gasteiger partial charge in [-0.15, -0.1) is 0 Å². The van der Waals surface area contributed by atoms with Crippen molar-refractivity contribution in [2.24, 2.45) is 0 Å². The van der Waals surface area contributed by atoms with Gasteiger partial charge in [0, 0.05) is 30.0 Å². The average molecular weight is 230 g/mol. The van der Waals surface area contributed by atoms with Crippen LogP contribution in [0.1, 0.15) is 12.0 Å². The van der Waals surface area contributed by atoms with Crippen LogP contribution >= 0.6 is 11.6 Å². The normalized spacial score (nSPS) is 10.3. The Bertz CT molecular complexity index is 334. The zero-order chi connectivity index (χ0) is 11.3. The molecule has 0 radical (unpaired) electrons. The maximum absolute atomic E-state index is 13.3. The maximum atomic E-state index is 13.3. The van der Waals surface area contributed by atoms with E-state index in [1.165, 1.54) is 12.1 Å². The Morgan fingerprint density at radius 3 is 2.87 bits per heavy atom. The summed E-state index contributed by atoms with van der Waals surface area (Å²) in [5.74, 6) is -0.434. The third-order valence-electron chi connectivity index (χ3n) is 2.09. The van der Waals surface area contributed by atoms with E-state index in [0.29, 0.717) is 23.6 Å². The first-order valence-electron chi connectivity index (χ1n) is 4.74. The average Bonchev–Trinajstić information content (AvgIpc) is 2.21. The molecule has 0 heterocycles. The van der Waals surface area contributed by atoms with Crippen LogP contribution in [0, 0.1) is 5.82 Å². The van der Waals surface area contributed by atoms with Crippen molar-refractivity contribution in [1.29, 1.82) is 0 Å². The Labute approximate surface area is 93.4 Å². The Balaban J connectivity index is 2.68. The number of ketones is 1. The van der Waals surface area contributed by atoms with E-state index in [4.69, 9.17) is 11.6 Å². The summed E-state index contributed by atoms with van der Waals surface area (Å²) in [7, 11) is 1.77. The summed E-state index contributed by atoms with van der Waals surface area (Å²) in [5, 5.41) is 3.18. The Morgan fingerprint density at radius 1 is 1.53 bits per heavy atom. The molecule has 15 heavy (non-hydrogen) atoms. The summed E-state index contributed by atoms with van der Waals surface area (Å²) in [6.07, 6.45) is 0.453. The number of hydrogen-bond acceptors (Lipinski definition) is 2. The molecular formula is C11H13ClFNO. The zero-order valence-corrected chi connectivity index (χ0v) is 9.27. The van der Waals surface area contributed by atoms with Gasteiger partial charge < -0.3 is 5.32 Å². The van der Waals surface area contributed by atoms with Crippen LogP contribution < -0.4 is 5.32 Å². The van der Waals surface area contributed by atoms with E-state index >= 15 is 0 Å². The second kappa shape index (κ2) is 5.83. The number of benzene rings is 1. The van der Waals surface area contributed by atoms with Crippen LogP contribution in [-0.2, 0) is 11.2 Å². The number of halogens is 2. The molecule has 0 fully saturated rings. The highest BCUT2D eigenvalue weighted by Gasteiger charge is 2.11. The highest BCUT2D eigenvalue weighted by atomic mass is 35.5. The standard InChI is InChI=1S/C11H13ClFNO/c1-14-6-5-8(15)7-9-10(12)3-2-4-11(9)13/h2-4,14H,5-7H2,1H3. The third kappa shape index (κ3) is 3.61. The predicted octanol–water partition coefficient (Wildman–Crippen LogP) is 2.20. The van der Waals surface area contributed by atoms with E-state index < -0.39 is 5.82 Å². The molecule has 0 aliphatic rings. The monoisotopic (exact) mass is 229 g/mol. The molecule has 0 aliphatic carbocycles. The van der Waals surface area contributed by atoms with E-state index in [1.54, 1.807) is 13.1 Å². The summed E-state index contributed by atoms with van der Waals surface area (Å²) in [4.78, 5) is 11.4. The lowest BCUT2D eigenvalue weighted by molar-refractivity contribution is -0.118. The van der Waals surface area contributed by atoms with Crippen molar-refractivity contribution in [2.75, 3.05) is 13.6 Å². The summed E-state index contributed by atoms with van der Waals surface area (Å²) >= 11 is 5.80. The number of nitrogens with one attached hydrogen (secondary N) is 1. The van der Waals surface area contributed by atoms with Crippen LogP contribution in [0.2, 0.25) is 5.02 Å². The molecule has 0 aromatic heterocycles. The van der Waals surface area contributed by atoms with Gasteiger partial charge in [0.25, 0.3) is 0 Å². The van der Waals surface area contributed by atoms with Gasteiger partial charge in [0.1, 0.15) is 11.6 Å².